The van der Waals surface area contributed by atoms with E-state index in [4.69, 9.17) is 22.2 Å². The van der Waals surface area contributed by atoms with Crippen LogP contribution in [0.25, 0.3) is 0 Å². The summed E-state index contributed by atoms with van der Waals surface area (Å²) in [4.78, 5) is 11.3. The van der Waals surface area contributed by atoms with Gasteiger partial charge in [0.25, 0.3) is 5.91 Å². The molecule has 0 atom stereocenters. The van der Waals surface area contributed by atoms with Gasteiger partial charge in [0, 0.05) is 6.20 Å². The molecule has 7 heteroatoms. The second kappa shape index (κ2) is 5.73. The Morgan fingerprint density at radius 2 is 2.16 bits per heavy atom. The van der Waals surface area contributed by atoms with Gasteiger partial charge in [-0.25, -0.2) is 10.5 Å². The smallest absolute Gasteiger partial charge is 0.287 e. The third-order valence-electron chi connectivity index (χ3n) is 2.45. The molecule has 0 aliphatic heterocycles. The summed E-state index contributed by atoms with van der Waals surface area (Å²) in [6, 6.07) is 7.60. The minimum absolute atomic E-state index is 0.0664. The van der Waals surface area contributed by atoms with Gasteiger partial charge in [-0.15, -0.1) is 0 Å². The monoisotopic (exact) mass is 280 g/mol. The number of hydrazine groups is 1. The summed E-state index contributed by atoms with van der Waals surface area (Å²) in [5, 5.41) is 4.20. The quantitative estimate of drug-likeness (QED) is 0.505. The molecular weight excluding hydrogens is 268 g/mol. The molecular formula is C12H13ClN4O2. The predicted octanol–water partition coefficient (Wildman–Crippen LogP) is 1.48. The van der Waals surface area contributed by atoms with Gasteiger partial charge < -0.3 is 4.74 Å². The zero-order valence-corrected chi connectivity index (χ0v) is 11.0. The van der Waals surface area contributed by atoms with Crippen LogP contribution < -0.4 is 16.0 Å². The number of benzene rings is 1. The van der Waals surface area contributed by atoms with E-state index in [2.05, 4.69) is 5.10 Å². The van der Waals surface area contributed by atoms with Gasteiger partial charge in [-0.1, -0.05) is 29.3 Å². The van der Waals surface area contributed by atoms with E-state index in [9.17, 15) is 4.79 Å². The number of aromatic nitrogens is 2. The van der Waals surface area contributed by atoms with E-state index in [1.807, 2.05) is 36.6 Å². The lowest BCUT2D eigenvalue weighted by atomic mass is 10.2. The third kappa shape index (κ3) is 3.24. The van der Waals surface area contributed by atoms with Crippen LogP contribution in [0.4, 0.5) is 0 Å². The van der Waals surface area contributed by atoms with Crippen molar-refractivity contribution >= 4 is 17.5 Å². The van der Waals surface area contributed by atoms with Crippen molar-refractivity contribution in [2.24, 2.45) is 5.84 Å². The fraction of sp³-hybridized carbons (Fsp3) is 0.167. The molecule has 0 saturated carbocycles. The molecule has 0 radical (unpaired) electrons. The molecule has 2 rings (SSSR count). The standard InChI is InChI=1S/C12H13ClN4O2/c1-8-2-4-9(5-3-8)19-7-17-6-10(13)11(16-17)12(18)15-14/h2-6H,7,14H2,1H3,(H,15,18). The van der Waals surface area contributed by atoms with Crippen LogP contribution in [0.1, 0.15) is 16.1 Å². The molecule has 0 aliphatic rings. The van der Waals surface area contributed by atoms with Gasteiger partial charge in [0.2, 0.25) is 0 Å². The van der Waals surface area contributed by atoms with Gasteiger partial charge in [0.1, 0.15) is 5.75 Å². The molecule has 6 nitrogen and oxygen atoms in total. The van der Waals surface area contributed by atoms with Crippen molar-refractivity contribution in [2.75, 3.05) is 0 Å². The second-order valence-corrected chi connectivity index (χ2v) is 4.33. The Bertz CT molecular complexity index is 580. The number of nitrogens with zero attached hydrogens (tertiary/aromatic N) is 2. The molecule has 0 saturated heterocycles. The molecule has 100 valence electrons. The van der Waals surface area contributed by atoms with Crippen molar-refractivity contribution in [3.8, 4) is 5.75 Å². The number of hydrogen-bond acceptors (Lipinski definition) is 4. The Hall–Kier alpha value is -2.05. The molecule has 1 heterocycles. The van der Waals surface area contributed by atoms with Crippen LogP contribution in [0.15, 0.2) is 30.5 Å². The van der Waals surface area contributed by atoms with Crippen LogP contribution >= 0.6 is 11.6 Å². The first kappa shape index (κ1) is 13.4. The number of nitrogen functional groups attached to an aromatic ring is 1. The molecule has 19 heavy (non-hydrogen) atoms. The topological polar surface area (TPSA) is 82.2 Å². The van der Waals surface area contributed by atoms with Gasteiger partial charge in [-0.05, 0) is 19.1 Å². The van der Waals surface area contributed by atoms with E-state index >= 15 is 0 Å². The molecule has 1 amide bonds. The Morgan fingerprint density at radius 3 is 2.79 bits per heavy atom. The maximum absolute atomic E-state index is 11.3. The van der Waals surface area contributed by atoms with Gasteiger partial charge in [-0.2, -0.15) is 5.10 Å². The Morgan fingerprint density at radius 1 is 1.47 bits per heavy atom. The fourth-order valence-corrected chi connectivity index (χ4v) is 1.70. The SMILES string of the molecule is Cc1ccc(OCn2cc(Cl)c(C(=O)NN)n2)cc1. The number of ether oxygens (including phenoxy) is 1. The molecule has 1 aromatic heterocycles. The van der Waals surface area contributed by atoms with Gasteiger partial charge >= 0.3 is 0 Å². The highest BCUT2D eigenvalue weighted by atomic mass is 35.5. The van der Waals surface area contributed by atoms with E-state index < -0.39 is 5.91 Å². The summed E-state index contributed by atoms with van der Waals surface area (Å²) in [5.74, 6) is 5.19. The van der Waals surface area contributed by atoms with Gasteiger partial charge in [0.05, 0.1) is 5.02 Å². The molecule has 2 aromatic rings. The third-order valence-corrected chi connectivity index (χ3v) is 2.72. The highest BCUT2D eigenvalue weighted by Crippen LogP contribution is 2.15. The maximum Gasteiger partial charge on any atom is 0.287 e. The second-order valence-electron chi connectivity index (χ2n) is 3.93. The molecule has 0 aliphatic carbocycles. The number of carbonyl (C=O) groups is 1. The summed E-state index contributed by atoms with van der Waals surface area (Å²) in [5.41, 5.74) is 3.19. The van der Waals surface area contributed by atoms with Crippen molar-refractivity contribution in [1.29, 1.82) is 0 Å². The first-order chi connectivity index (χ1) is 9.10. The number of hydrogen-bond donors (Lipinski definition) is 2. The zero-order chi connectivity index (χ0) is 13.8. The maximum atomic E-state index is 11.3. The first-order valence-corrected chi connectivity index (χ1v) is 5.91. The van der Waals surface area contributed by atoms with E-state index in [0.717, 1.165) is 5.56 Å². The average molecular weight is 281 g/mol. The molecule has 1 aromatic carbocycles. The summed E-state index contributed by atoms with van der Waals surface area (Å²) in [6.07, 6.45) is 1.50. The van der Waals surface area contributed by atoms with E-state index in [-0.39, 0.29) is 17.4 Å². The minimum atomic E-state index is -0.543. The summed E-state index contributed by atoms with van der Waals surface area (Å²) >= 11 is 5.87. The predicted molar refractivity (Wildman–Crippen MR) is 70.7 cm³/mol. The van der Waals surface area contributed by atoms with Crippen LogP contribution in [-0.2, 0) is 6.73 Å². The highest BCUT2D eigenvalue weighted by Gasteiger charge is 2.14. The molecule has 0 bridgehead atoms. The number of halogens is 1. The number of rotatable bonds is 4. The van der Waals surface area contributed by atoms with Crippen molar-refractivity contribution in [3.05, 3.63) is 46.7 Å². The lowest BCUT2D eigenvalue weighted by Gasteiger charge is -2.06. The van der Waals surface area contributed by atoms with Crippen molar-refractivity contribution in [3.63, 3.8) is 0 Å². The normalized spacial score (nSPS) is 10.3. The van der Waals surface area contributed by atoms with Gasteiger partial charge in [-0.3, -0.25) is 10.2 Å². The van der Waals surface area contributed by atoms with Crippen LogP contribution in [0.2, 0.25) is 5.02 Å². The Balaban J connectivity index is 2.04. The lowest BCUT2D eigenvalue weighted by molar-refractivity contribution is 0.0946. The molecule has 3 N–H and O–H groups in total. The van der Waals surface area contributed by atoms with Crippen molar-refractivity contribution in [1.82, 2.24) is 15.2 Å². The van der Waals surface area contributed by atoms with E-state index in [0.29, 0.717) is 5.75 Å². The summed E-state index contributed by atoms with van der Waals surface area (Å²) in [6.45, 7) is 2.15. The number of nitrogens with two attached hydrogens (primary N) is 1. The molecule has 0 unspecified atom stereocenters. The highest BCUT2D eigenvalue weighted by molar-refractivity contribution is 6.33. The van der Waals surface area contributed by atoms with Crippen LogP contribution in [-0.4, -0.2) is 15.7 Å². The van der Waals surface area contributed by atoms with E-state index in [1.165, 1.54) is 10.9 Å². The molecule has 0 spiro atoms. The summed E-state index contributed by atoms with van der Waals surface area (Å²) < 4.78 is 6.93. The largest absolute Gasteiger partial charge is 0.471 e. The minimum Gasteiger partial charge on any atom is -0.471 e. The number of aryl methyl sites for hydroxylation is 1. The van der Waals surface area contributed by atoms with Crippen molar-refractivity contribution < 1.29 is 9.53 Å². The molecule has 0 fully saturated rings. The van der Waals surface area contributed by atoms with Crippen LogP contribution in [0, 0.1) is 6.92 Å². The van der Waals surface area contributed by atoms with Gasteiger partial charge in [0.15, 0.2) is 12.4 Å². The van der Waals surface area contributed by atoms with Crippen LogP contribution in [0.5, 0.6) is 5.75 Å². The number of carbonyl (C=O) groups excluding carboxylic acids is 1. The average Bonchev–Trinajstić information content (AvgIpc) is 2.78. The fourth-order valence-electron chi connectivity index (χ4n) is 1.46. The first-order valence-electron chi connectivity index (χ1n) is 5.53. The zero-order valence-electron chi connectivity index (χ0n) is 10.3. The van der Waals surface area contributed by atoms with E-state index in [1.54, 1.807) is 0 Å². The Kier molecular flexibility index (Phi) is 4.03. The van der Waals surface area contributed by atoms with Crippen LogP contribution in [0.3, 0.4) is 0 Å². The number of amides is 1. The Labute approximate surface area is 115 Å². The lowest BCUT2D eigenvalue weighted by Crippen LogP contribution is -2.30. The van der Waals surface area contributed by atoms with Crippen molar-refractivity contribution in [2.45, 2.75) is 13.7 Å². The number of nitrogens with one attached hydrogen (secondary N) is 1. The summed E-state index contributed by atoms with van der Waals surface area (Å²) in [7, 11) is 0.